The first-order valence-corrected chi connectivity index (χ1v) is 9.35. The molecule has 2 aromatic heterocycles. The number of nitrogens with one attached hydrogen (secondary N) is 2. The molecule has 2 heterocycles. The number of aromatic nitrogens is 3. The molecular weight excluding hydrogens is 378 g/mol. The standard InChI is InChI=1S/C23H19N5O2/c1-16-12-13-18(14-24-16)22(29)25-26-23(30)20-15-28(19-10-6-3-7-11-19)27-21(20)17-8-4-2-5-9-17/h2-15H,1H3,(H,25,29)(H,26,30). The fourth-order valence-electron chi connectivity index (χ4n) is 2.92. The number of para-hydroxylation sites is 1. The van der Waals surface area contributed by atoms with Crippen molar-refractivity contribution in [1.29, 1.82) is 0 Å². The predicted octanol–water partition coefficient (Wildman–Crippen LogP) is 3.32. The van der Waals surface area contributed by atoms with E-state index >= 15 is 0 Å². The third kappa shape index (κ3) is 4.10. The Kier molecular flexibility index (Phi) is 5.34. The number of aryl methyl sites for hydroxylation is 1. The summed E-state index contributed by atoms with van der Waals surface area (Å²) in [6.07, 6.45) is 3.10. The lowest BCUT2D eigenvalue weighted by atomic mass is 10.1. The molecule has 0 saturated carbocycles. The van der Waals surface area contributed by atoms with Gasteiger partial charge in [-0.1, -0.05) is 48.5 Å². The number of rotatable bonds is 4. The summed E-state index contributed by atoms with van der Waals surface area (Å²) in [6.45, 7) is 1.83. The highest BCUT2D eigenvalue weighted by atomic mass is 16.2. The lowest BCUT2D eigenvalue weighted by Crippen LogP contribution is -2.41. The van der Waals surface area contributed by atoms with Crippen LogP contribution >= 0.6 is 0 Å². The fraction of sp³-hybridized carbons (Fsp3) is 0.0435. The monoisotopic (exact) mass is 397 g/mol. The van der Waals surface area contributed by atoms with Crippen LogP contribution in [0.1, 0.15) is 26.4 Å². The normalized spacial score (nSPS) is 10.4. The zero-order valence-electron chi connectivity index (χ0n) is 16.2. The van der Waals surface area contributed by atoms with Crippen LogP contribution in [-0.4, -0.2) is 26.6 Å². The van der Waals surface area contributed by atoms with Gasteiger partial charge in [0.25, 0.3) is 11.8 Å². The Balaban J connectivity index is 1.60. The molecule has 148 valence electrons. The van der Waals surface area contributed by atoms with Gasteiger partial charge in [-0.05, 0) is 31.2 Å². The predicted molar refractivity (Wildman–Crippen MR) is 113 cm³/mol. The summed E-state index contributed by atoms with van der Waals surface area (Å²) in [5.41, 5.74) is 8.53. The van der Waals surface area contributed by atoms with E-state index in [1.807, 2.05) is 67.6 Å². The maximum Gasteiger partial charge on any atom is 0.273 e. The largest absolute Gasteiger partial charge is 0.273 e. The van der Waals surface area contributed by atoms with Gasteiger partial charge in [-0.15, -0.1) is 0 Å². The van der Waals surface area contributed by atoms with Crippen molar-refractivity contribution in [2.45, 2.75) is 6.92 Å². The maximum atomic E-state index is 12.9. The van der Waals surface area contributed by atoms with Gasteiger partial charge < -0.3 is 0 Å². The van der Waals surface area contributed by atoms with E-state index in [9.17, 15) is 9.59 Å². The quantitative estimate of drug-likeness (QED) is 0.517. The molecule has 0 aliphatic carbocycles. The Morgan fingerprint density at radius 2 is 1.50 bits per heavy atom. The molecule has 0 aliphatic heterocycles. The van der Waals surface area contributed by atoms with E-state index in [0.29, 0.717) is 16.8 Å². The molecule has 0 fully saturated rings. The van der Waals surface area contributed by atoms with Crippen LogP contribution in [-0.2, 0) is 0 Å². The molecule has 4 rings (SSSR count). The molecule has 0 atom stereocenters. The summed E-state index contributed by atoms with van der Waals surface area (Å²) in [5.74, 6) is -0.919. The van der Waals surface area contributed by atoms with Gasteiger partial charge in [0.15, 0.2) is 0 Å². The van der Waals surface area contributed by atoms with Crippen LogP contribution in [0.15, 0.2) is 85.2 Å². The summed E-state index contributed by atoms with van der Waals surface area (Å²) in [5, 5.41) is 4.60. The van der Waals surface area contributed by atoms with Crippen molar-refractivity contribution in [1.82, 2.24) is 25.6 Å². The molecule has 7 heteroatoms. The van der Waals surface area contributed by atoms with Crippen molar-refractivity contribution in [2.24, 2.45) is 0 Å². The molecule has 0 aliphatic rings. The number of hydrogen-bond acceptors (Lipinski definition) is 4. The number of pyridine rings is 1. The van der Waals surface area contributed by atoms with Crippen molar-refractivity contribution in [3.63, 3.8) is 0 Å². The van der Waals surface area contributed by atoms with Crippen LogP contribution in [0.2, 0.25) is 0 Å². The first-order valence-electron chi connectivity index (χ1n) is 9.35. The van der Waals surface area contributed by atoms with Crippen molar-refractivity contribution >= 4 is 11.8 Å². The van der Waals surface area contributed by atoms with Crippen molar-refractivity contribution in [3.8, 4) is 16.9 Å². The summed E-state index contributed by atoms with van der Waals surface area (Å²) in [6, 6.07) is 22.3. The van der Waals surface area contributed by atoms with Gasteiger partial charge in [-0.3, -0.25) is 25.4 Å². The number of carbonyl (C=O) groups is 2. The minimum absolute atomic E-state index is 0.340. The highest BCUT2D eigenvalue weighted by Gasteiger charge is 2.19. The first-order chi connectivity index (χ1) is 14.6. The molecule has 2 N–H and O–H groups in total. The van der Waals surface area contributed by atoms with Gasteiger partial charge in [-0.25, -0.2) is 4.68 Å². The summed E-state index contributed by atoms with van der Waals surface area (Å²) >= 11 is 0. The molecule has 0 bridgehead atoms. The average molecular weight is 397 g/mol. The number of carbonyl (C=O) groups excluding carboxylic acids is 2. The lowest BCUT2D eigenvalue weighted by molar-refractivity contribution is 0.0847. The van der Waals surface area contributed by atoms with Crippen molar-refractivity contribution in [3.05, 3.63) is 102 Å². The molecule has 0 unspecified atom stereocenters. The second kappa shape index (κ2) is 8.40. The zero-order chi connectivity index (χ0) is 20.9. The molecule has 2 aromatic carbocycles. The lowest BCUT2D eigenvalue weighted by Gasteiger charge is -2.07. The van der Waals surface area contributed by atoms with Gasteiger partial charge >= 0.3 is 0 Å². The SMILES string of the molecule is Cc1ccc(C(=O)NNC(=O)c2cn(-c3ccccc3)nc2-c2ccccc2)cn1. The van der Waals surface area contributed by atoms with Gasteiger partial charge in [0, 0.05) is 23.7 Å². The van der Waals surface area contributed by atoms with E-state index in [0.717, 1.165) is 16.9 Å². The highest BCUT2D eigenvalue weighted by Crippen LogP contribution is 2.23. The van der Waals surface area contributed by atoms with E-state index in [-0.39, 0.29) is 0 Å². The van der Waals surface area contributed by atoms with E-state index in [4.69, 9.17) is 0 Å². The Morgan fingerprint density at radius 1 is 0.833 bits per heavy atom. The minimum atomic E-state index is -0.468. The first kappa shape index (κ1) is 19.1. The molecule has 0 spiro atoms. The van der Waals surface area contributed by atoms with Gasteiger partial charge in [-0.2, -0.15) is 5.10 Å². The number of hydrogen-bond donors (Lipinski definition) is 2. The molecule has 0 saturated heterocycles. The van der Waals surface area contributed by atoms with Crippen LogP contribution < -0.4 is 10.9 Å². The molecule has 2 amide bonds. The Morgan fingerprint density at radius 3 is 2.17 bits per heavy atom. The summed E-state index contributed by atoms with van der Waals surface area (Å²) < 4.78 is 1.64. The number of amides is 2. The molecule has 0 radical (unpaired) electrons. The Bertz CT molecular complexity index is 1170. The second-order valence-electron chi connectivity index (χ2n) is 6.63. The minimum Gasteiger partial charge on any atom is -0.267 e. The van der Waals surface area contributed by atoms with E-state index in [2.05, 4.69) is 20.9 Å². The summed E-state index contributed by atoms with van der Waals surface area (Å²) in [7, 11) is 0. The van der Waals surface area contributed by atoms with Gasteiger partial charge in [0.2, 0.25) is 0 Å². The number of hydrazine groups is 1. The van der Waals surface area contributed by atoms with E-state index in [1.165, 1.54) is 6.20 Å². The van der Waals surface area contributed by atoms with Crippen LogP contribution in [0, 0.1) is 6.92 Å². The fourth-order valence-corrected chi connectivity index (χ4v) is 2.92. The van der Waals surface area contributed by atoms with Gasteiger partial charge in [0.1, 0.15) is 5.69 Å². The third-order valence-electron chi connectivity index (χ3n) is 4.49. The second-order valence-corrected chi connectivity index (χ2v) is 6.63. The molecule has 4 aromatic rings. The van der Waals surface area contributed by atoms with Crippen molar-refractivity contribution in [2.75, 3.05) is 0 Å². The topological polar surface area (TPSA) is 88.9 Å². The zero-order valence-corrected chi connectivity index (χ0v) is 16.2. The number of benzene rings is 2. The Hall–Kier alpha value is -4.26. The number of nitrogens with zero attached hydrogens (tertiary/aromatic N) is 3. The van der Waals surface area contributed by atoms with E-state index in [1.54, 1.807) is 23.0 Å². The third-order valence-corrected chi connectivity index (χ3v) is 4.49. The average Bonchev–Trinajstić information content (AvgIpc) is 3.25. The summed E-state index contributed by atoms with van der Waals surface area (Å²) in [4.78, 5) is 29.3. The van der Waals surface area contributed by atoms with Crippen LogP contribution in [0.4, 0.5) is 0 Å². The molecule has 30 heavy (non-hydrogen) atoms. The Labute approximate surface area is 173 Å². The van der Waals surface area contributed by atoms with Gasteiger partial charge in [0.05, 0.1) is 16.8 Å². The van der Waals surface area contributed by atoms with Crippen LogP contribution in [0.3, 0.4) is 0 Å². The molecular formula is C23H19N5O2. The molecule has 7 nitrogen and oxygen atoms in total. The maximum absolute atomic E-state index is 12.9. The van der Waals surface area contributed by atoms with Crippen LogP contribution in [0.5, 0.6) is 0 Å². The smallest absolute Gasteiger partial charge is 0.267 e. The van der Waals surface area contributed by atoms with E-state index < -0.39 is 11.8 Å². The van der Waals surface area contributed by atoms with Crippen LogP contribution in [0.25, 0.3) is 16.9 Å². The highest BCUT2D eigenvalue weighted by molar-refractivity contribution is 6.02. The van der Waals surface area contributed by atoms with Crippen molar-refractivity contribution < 1.29 is 9.59 Å².